The Morgan fingerprint density at radius 2 is 1.31 bits per heavy atom. The summed E-state index contributed by atoms with van der Waals surface area (Å²) in [6.07, 6.45) is 8.72. The number of nitrogens with one attached hydrogen (secondary N) is 2. The highest BCUT2D eigenvalue weighted by Crippen LogP contribution is 2.60. The molecule has 0 aromatic heterocycles. The van der Waals surface area contributed by atoms with Gasteiger partial charge in [-0.25, -0.2) is 0 Å². The Morgan fingerprint density at radius 3 is 1.89 bits per heavy atom. The molecule has 184 valence electrons. The lowest BCUT2D eigenvalue weighted by atomic mass is 9.48. The van der Waals surface area contributed by atoms with E-state index in [9.17, 15) is 9.59 Å². The maximum Gasteiger partial charge on any atom is 0.251 e. The highest BCUT2D eigenvalue weighted by atomic mass is 16.2. The smallest absolute Gasteiger partial charge is 0.251 e. The Labute approximate surface area is 213 Å². The van der Waals surface area contributed by atoms with E-state index < -0.39 is 6.04 Å². The normalized spacial score (nSPS) is 26.8. The van der Waals surface area contributed by atoms with Crippen LogP contribution in [0.15, 0.2) is 84.9 Å². The van der Waals surface area contributed by atoms with Crippen molar-refractivity contribution in [3.05, 3.63) is 102 Å². The zero-order valence-electron chi connectivity index (χ0n) is 20.7. The summed E-state index contributed by atoms with van der Waals surface area (Å²) in [5.74, 6) is 2.27. The largest absolute Gasteiger partial charge is 0.340 e. The first-order valence-corrected chi connectivity index (χ1v) is 13.4. The van der Waals surface area contributed by atoms with Crippen molar-refractivity contribution in [1.82, 2.24) is 5.32 Å². The number of hydrogen-bond acceptors (Lipinski definition) is 2. The van der Waals surface area contributed by atoms with E-state index in [1.807, 2.05) is 60.7 Å². The summed E-state index contributed by atoms with van der Waals surface area (Å²) in [4.78, 5) is 26.2. The first-order chi connectivity index (χ1) is 17.6. The van der Waals surface area contributed by atoms with Gasteiger partial charge in [0, 0.05) is 17.7 Å². The van der Waals surface area contributed by atoms with Gasteiger partial charge in [-0.05, 0) is 97.1 Å². The maximum atomic E-state index is 13.4. The van der Waals surface area contributed by atoms with Crippen molar-refractivity contribution in [2.75, 3.05) is 5.32 Å². The molecule has 0 heterocycles. The van der Waals surface area contributed by atoms with Crippen LogP contribution in [-0.2, 0) is 16.6 Å². The average Bonchev–Trinajstić information content (AvgIpc) is 2.89. The van der Waals surface area contributed by atoms with Crippen LogP contribution in [0.5, 0.6) is 0 Å². The molecule has 0 spiro atoms. The summed E-state index contributed by atoms with van der Waals surface area (Å²) >= 11 is 0. The van der Waals surface area contributed by atoms with E-state index in [2.05, 4.69) is 22.8 Å². The number of hydrogen-bond donors (Lipinski definition) is 2. The molecule has 4 aliphatic carbocycles. The average molecular weight is 479 g/mol. The monoisotopic (exact) mass is 478 g/mol. The lowest BCUT2D eigenvalue weighted by Gasteiger charge is -2.57. The molecule has 4 bridgehead atoms. The van der Waals surface area contributed by atoms with Gasteiger partial charge in [0.25, 0.3) is 5.91 Å². The number of anilines is 1. The van der Waals surface area contributed by atoms with Crippen LogP contribution in [0.25, 0.3) is 0 Å². The minimum atomic E-state index is -0.678. The summed E-state index contributed by atoms with van der Waals surface area (Å²) in [5.41, 5.74) is 4.11. The van der Waals surface area contributed by atoms with Gasteiger partial charge in [0.05, 0.1) is 0 Å². The number of amides is 2. The van der Waals surface area contributed by atoms with Gasteiger partial charge in [0.2, 0.25) is 5.91 Å². The van der Waals surface area contributed by atoms with Gasteiger partial charge < -0.3 is 10.6 Å². The molecule has 1 atom stereocenters. The minimum absolute atomic E-state index is 0.203. The van der Waals surface area contributed by atoms with Gasteiger partial charge in [-0.2, -0.15) is 0 Å². The Balaban J connectivity index is 1.17. The van der Waals surface area contributed by atoms with Crippen LogP contribution in [-0.4, -0.2) is 17.9 Å². The van der Waals surface area contributed by atoms with E-state index >= 15 is 0 Å². The Morgan fingerprint density at radius 1 is 0.750 bits per heavy atom. The van der Waals surface area contributed by atoms with Gasteiger partial charge in [-0.15, -0.1) is 0 Å². The Kier molecular flexibility index (Phi) is 6.12. The number of carbonyl (C=O) groups excluding carboxylic acids is 2. The summed E-state index contributed by atoms with van der Waals surface area (Å²) in [7, 11) is 0. The predicted octanol–water partition coefficient (Wildman–Crippen LogP) is 6.13. The van der Waals surface area contributed by atoms with E-state index in [0.29, 0.717) is 17.4 Å². The van der Waals surface area contributed by atoms with Crippen LogP contribution in [0.3, 0.4) is 0 Å². The third kappa shape index (κ3) is 4.69. The second-order valence-electron chi connectivity index (χ2n) is 11.3. The molecule has 4 heteroatoms. The van der Waals surface area contributed by atoms with Crippen molar-refractivity contribution >= 4 is 17.5 Å². The topological polar surface area (TPSA) is 58.2 Å². The second-order valence-corrected chi connectivity index (χ2v) is 11.3. The fourth-order valence-electron chi connectivity index (χ4n) is 7.49. The molecule has 4 aliphatic rings. The molecule has 0 radical (unpaired) electrons. The Hall–Kier alpha value is -3.40. The van der Waals surface area contributed by atoms with Crippen LogP contribution in [0, 0.1) is 17.8 Å². The second kappa shape index (κ2) is 9.57. The van der Waals surface area contributed by atoms with Gasteiger partial charge in [0.15, 0.2) is 0 Å². The third-order valence-electron chi connectivity index (χ3n) is 8.74. The summed E-state index contributed by atoms with van der Waals surface area (Å²) in [5, 5.41) is 6.02. The standard InChI is InChI=1S/C32H34N2O2/c35-30(26-9-5-2-6-10-26)34-29(18-22-7-3-1-4-8-22)31(36)33-28-13-11-27(12-14-28)32-19-23-15-24(20-32)17-25(16-23)21-32/h1-14,23-25,29H,15-21H2,(H,33,36)(H,34,35)/t23?,24?,25?,29-,32?/m1/s1. The van der Waals surface area contributed by atoms with E-state index in [4.69, 9.17) is 0 Å². The number of rotatable bonds is 7. The van der Waals surface area contributed by atoms with Crippen molar-refractivity contribution in [1.29, 1.82) is 0 Å². The fourth-order valence-corrected chi connectivity index (χ4v) is 7.49. The Bertz CT molecular complexity index is 1180. The van der Waals surface area contributed by atoms with Crippen molar-refractivity contribution < 1.29 is 9.59 Å². The van der Waals surface area contributed by atoms with Gasteiger partial charge in [0.1, 0.15) is 6.04 Å². The lowest BCUT2D eigenvalue weighted by Crippen LogP contribution is -2.48. The number of carbonyl (C=O) groups is 2. The molecule has 4 fully saturated rings. The van der Waals surface area contributed by atoms with E-state index in [1.165, 1.54) is 44.1 Å². The molecule has 0 saturated heterocycles. The zero-order valence-corrected chi connectivity index (χ0v) is 20.7. The van der Waals surface area contributed by atoms with Crippen LogP contribution in [0.2, 0.25) is 0 Å². The SMILES string of the molecule is O=C(N[C@H](Cc1ccccc1)C(=O)Nc1ccc(C23CC4CC(CC(C4)C2)C3)cc1)c1ccccc1. The van der Waals surface area contributed by atoms with Gasteiger partial charge in [-0.1, -0.05) is 60.7 Å². The van der Waals surface area contributed by atoms with Gasteiger partial charge >= 0.3 is 0 Å². The molecule has 3 aromatic rings. The first kappa shape index (κ1) is 23.0. The maximum absolute atomic E-state index is 13.4. The van der Waals surface area contributed by atoms with Crippen molar-refractivity contribution in [2.24, 2.45) is 17.8 Å². The molecule has 36 heavy (non-hydrogen) atoms. The first-order valence-electron chi connectivity index (χ1n) is 13.4. The van der Waals surface area contributed by atoms with Crippen molar-refractivity contribution in [3.63, 3.8) is 0 Å². The zero-order chi connectivity index (χ0) is 24.5. The molecule has 0 unspecified atom stereocenters. The van der Waals surface area contributed by atoms with Crippen LogP contribution in [0.4, 0.5) is 5.69 Å². The molecule has 4 saturated carbocycles. The van der Waals surface area contributed by atoms with Crippen molar-refractivity contribution in [3.8, 4) is 0 Å². The summed E-state index contributed by atoms with van der Waals surface area (Å²) in [6, 6.07) is 26.7. The quantitative estimate of drug-likeness (QED) is 0.429. The van der Waals surface area contributed by atoms with Crippen molar-refractivity contribution in [2.45, 2.75) is 56.4 Å². The predicted molar refractivity (Wildman–Crippen MR) is 143 cm³/mol. The van der Waals surface area contributed by atoms with Crippen LogP contribution in [0.1, 0.15) is 60.0 Å². The van der Waals surface area contributed by atoms with E-state index in [-0.39, 0.29) is 11.8 Å². The molecular weight excluding hydrogens is 444 g/mol. The molecule has 2 N–H and O–H groups in total. The van der Waals surface area contributed by atoms with E-state index in [0.717, 1.165) is 29.0 Å². The molecule has 7 rings (SSSR count). The molecular formula is C32H34N2O2. The highest BCUT2D eigenvalue weighted by molar-refractivity contribution is 6.01. The van der Waals surface area contributed by atoms with E-state index in [1.54, 1.807) is 12.1 Å². The summed E-state index contributed by atoms with van der Waals surface area (Å²) < 4.78 is 0. The molecule has 2 amide bonds. The van der Waals surface area contributed by atoms with Crippen LogP contribution >= 0.6 is 0 Å². The lowest BCUT2D eigenvalue weighted by molar-refractivity contribution is -0.118. The molecule has 0 aliphatic heterocycles. The summed E-state index contributed by atoms with van der Waals surface area (Å²) in [6.45, 7) is 0. The highest BCUT2D eigenvalue weighted by Gasteiger charge is 2.51. The third-order valence-corrected chi connectivity index (χ3v) is 8.74. The molecule has 4 nitrogen and oxygen atoms in total. The fraction of sp³-hybridized carbons (Fsp3) is 0.375. The molecule has 3 aromatic carbocycles. The minimum Gasteiger partial charge on any atom is -0.340 e. The van der Waals surface area contributed by atoms with Crippen LogP contribution < -0.4 is 10.6 Å². The number of benzene rings is 3. The van der Waals surface area contributed by atoms with Gasteiger partial charge in [-0.3, -0.25) is 9.59 Å².